The van der Waals surface area contributed by atoms with Gasteiger partial charge in [-0.15, -0.1) is 0 Å². The fourth-order valence-corrected chi connectivity index (χ4v) is 2.17. The molecule has 1 N–H and O–H groups in total. The summed E-state index contributed by atoms with van der Waals surface area (Å²) in [6.07, 6.45) is 3.64. The van der Waals surface area contributed by atoms with Crippen LogP contribution < -0.4 is 0 Å². The van der Waals surface area contributed by atoms with Gasteiger partial charge >= 0.3 is 0 Å². The molecule has 0 saturated heterocycles. The Bertz CT molecular complexity index is 564. The van der Waals surface area contributed by atoms with Crippen molar-refractivity contribution in [3.63, 3.8) is 0 Å². The van der Waals surface area contributed by atoms with Crippen LogP contribution in [0.3, 0.4) is 0 Å². The van der Waals surface area contributed by atoms with Crippen LogP contribution in [0.2, 0.25) is 0 Å². The van der Waals surface area contributed by atoms with E-state index < -0.39 is 0 Å². The predicted molar refractivity (Wildman–Crippen MR) is 61.3 cm³/mol. The second-order valence-electron chi connectivity index (χ2n) is 4.15. The molecule has 0 bridgehead atoms. The predicted octanol–water partition coefficient (Wildman–Crippen LogP) is 2.26. The third kappa shape index (κ3) is 1.36. The summed E-state index contributed by atoms with van der Waals surface area (Å²) in [5.74, 6) is 0.322. The van der Waals surface area contributed by atoms with E-state index >= 15 is 0 Å². The van der Waals surface area contributed by atoms with Crippen LogP contribution in [-0.2, 0) is 12.8 Å². The van der Waals surface area contributed by atoms with Crippen LogP contribution in [0.15, 0.2) is 24.4 Å². The number of phenolic OH excluding ortho intramolecular Hbond substituents is 1. The Morgan fingerprint density at radius 2 is 2.12 bits per heavy atom. The van der Waals surface area contributed by atoms with Gasteiger partial charge in [-0.2, -0.15) is 0 Å². The first-order valence-corrected chi connectivity index (χ1v) is 5.39. The Balaban J connectivity index is 2.25. The molecule has 3 heteroatoms. The first-order valence-electron chi connectivity index (χ1n) is 5.39. The minimum atomic E-state index is 0.322. The Kier molecular flexibility index (Phi) is 1.93. The van der Waals surface area contributed by atoms with Gasteiger partial charge in [0.15, 0.2) is 0 Å². The molecule has 80 valence electrons. The van der Waals surface area contributed by atoms with Gasteiger partial charge in [0.2, 0.25) is 0 Å². The summed E-state index contributed by atoms with van der Waals surface area (Å²) < 4.78 is 0. The maximum atomic E-state index is 9.45. The number of hydrogen-bond acceptors (Lipinski definition) is 3. The molecule has 0 aliphatic heterocycles. The number of aromatic hydroxyl groups is 1. The molecule has 0 amide bonds. The standard InChI is InChI=1S/C13H12N2O/c1-8-7-14-12-5-2-9-6-10(16)3-4-11(9)13(12)15-8/h3-4,6-7,16H,2,5H2,1H3. The van der Waals surface area contributed by atoms with Gasteiger partial charge in [0.25, 0.3) is 0 Å². The van der Waals surface area contributed by atoms with Crippen LogP contribution in [-0.4, -0.2) is 15.1 Å². The average molecular weight is 212 g/mol. The Morgan fingerprint density at radius 3 is 3.00 bits per heavy atom. The van der Waals surface area contributed by atoms with Crippen LogP contribution in [0.4, 0.5) is 0 Å². The summed E-state index contributed by atoms with van der Waals surface area (Å²) in [4.78, 5) is 8.96. The smallest absolute Gasteiger partial charge is 0.115 e. The molecular weight excluding hydrogens is 200 g/mol. The summed E-state index contributed by atoms with van der Waals surface area (Å²) in [6, 6.07) is 5.46. The molecule has 16 heavy (non-hydrogen) atoms. The zero-order valence-corrected chi connectivity index (χ0v) is 9.07. The van der Waals surface area contributed by atoms with Gasteiger partial charge in [0.05, 0.1) is 17.1 Å². The third-order valence-electron chi connectivity index (χ3n) is 2.94. The number of nitrogens with zero attached hydrogens (tertiary/aromatic N) is 2. The monoisotopic (exact) mass is 212 g/mol. The van der Waals surface area contributed by atoms with Crippen molar-refractivity contribution in [1.29, 1.82) is 0 Å². The zero-order chi connectivity index (χ0) is 11.1. The number of fused-ring (bicyclic) bond motifs is 3. The zero-order valence-electron chi connectivity index (χ0n) is 9.07. The van der Waals surface area contributed by atoms with Gasteiger partial charge in [0, 0.05) is 11.8 Å². The highest BCUT2D eigenvalue weighted by molar-refractivity contribution is 5.69. The lowest BCUT2D eigenvalue weighted by atomic mass is 9.91. The van der Waals surface area contributed by atoms with Crippen LogP contribution in [0, 0.1) is 6.92 Å². The Morgan fingerprint density at radius 1 is 1.25 bits per heavy atom. The molecule has 1 heterocycles. The van der Waals surface area contributed by atoms with E-state index in [0.717, 1.165) is 41.1 Å². The SMILES string of the molecule is Cc1cnc2c(n1)-c1ccc(O)cc1CC2. The number of aryl methyl sites for hydroxylation is 3. The molecule has 1 aromatic heterocycles. The van der Waals surface area contributed by atoms with E-state index in [0.29, 0.717) is 5.75 Å². The summed E-state index contributed by atoms with van der Waals surface area (Å²) in [7, 11) is 0. The van der Waals surface area contributed by atoms with Crippen molar-refractivity contribution in [2.75, 3.05) is 0 Å². The van der Waals surface area contributed by atoms with E-state index in [9.17, 15) is 5.11 Å². The number of phenols is 1. The van der Waals surface area contributed by atoms with E-state index in [-0.39, 0.29) is 0 Å². The van der Waals surface area contributed by atoms with Crippen molar-refractivity contribution in [1.82, 2.24) is 9.97 Å². The van der Waals surface area contributed by atoms with E-state index in [4.69, 9.17) is 0 Å². The van der Waals surface area contributed by atoms with Crippen LogP contribution >= 0.6 is 0 Å². The largest absolute Gasteiger partial charge is 0.508 e. The fraction of sp³-hybridized carbons (Fsp3) is 0.231. The molecule has 0 unspecified atom stereocenters. The lowest BCUT2D eigenvalue weighted by Gasteiger charge is -2.18. The van der Waals surface area contributed by atoms with Crippen molar-refractivity contribution in [3.8, 4) is 17.0 Å². The van der Waals surface area contributed by atoms with Crippen molar-refractivity contribution >= 4 is 0 Å². The van der Waals surface area contributed by atoms with Gasteiger partial charge in [-0.05, 0) is 43.5 Å². The van der Waals surface area contributed by atoms with E-state index in [1.807, 2.05) is 25.3 Å². The quantitative estimate of drug-likeness (QED) is 0.728. The molecule has 3 nitrogen and oxygen atoms in total. The highest BCUT2D eigenvalue weighted by Gasteiger charge is 2.18. The van der Waals surface area contributed by atoms with Gasteiger partial charge < -0.3 is 5.11 Å². The summed E-state index contributed by atoms with van der Waals surface area (Å²) >= 11 is 0. The molecule has 1 aliphatic rings. The summed E-state index contributed by atoms with van der Waals surface area (Å²) in [5.41, 5.74) is 5.23. The highest BCUT2D eigenvalue weighted by Crippen LogP contribution is 2.32. The molecule has 2 aromatic rings. The van der Waals surface area contributed by atoms with Gasteiger partial charge in [-0.3, -0.25) is 4.98 Å². The minimum Gasteiger partial charge on any atom is -0.508 e. The highest BCUT2D eigenvalue weighted by atomic mass is 16.3. The molecule has 0 saturated carbocycles. The van der Waals surface area contributed by atoms with E-state index in [1.54, 1.807) is 6.07 Å². The van der Waals surface area contributed by atoms with Crippen molar-refractivity contribution in [2.45, 2.75) is 19.8 Å². The molecule has 0 spiro atoms. The first kappa shape index (κ1) is 9.33. The maximum absolute atomic E-state index is 9.45. The number of rotatable bonds is 0. The van der Waals surface area contributed by atoms with Crippen LogP contribution in [0.5, 0.6) is 5.75 Å². The fourth-order valence-electron chi connectivity index (χ4n) is 2.17. The second kappa shape index (κ2) is 3.30. The van der Waals surface area contributed by atoms with Gasteiger partial charge in [-0.1, -0.05) is 0 Å². The van der Waals surface area contributed by atoms with Crippen molar-refractivity contribution in [2.24, 2.45) is 0 Å². The number of benzene rings is 1. The number of hydrogen-bond donors (Lipinski definition) is 1. The molecule has 3 rings (SSSR count). The summed E-state index contributed by atoms with van der Waals surface area (Å²) in [6.45, 7) is 1.95. The maximum Gasteiger partial charge on any atom is 0.115 e. The van der Waals surface area contributed by atoms with E-state index in [2.05, 4.69) is 9.97 Å². The molecular formula is C13H12N2O. The third-order valence-corrected chi connectivity index (χ3v) is 2.94. The minimum absolute atomic E-state index is 0.322. The molecule has 0 radical (unpaired) electrons. The first-order chi connectivity index (χ1) is 7.74. The number of aromatic nitrogens is 2. The average Bonchev–Trinajstić information content (AvgIpc) is 2.28. The Labute approximate surface area is 93.8 Å². The van der Waals surface area contributed by atoms with Crippen LogP contribution in [0.25, 0.3) is 11.3 Å². The molecule has 1 aromatic carbocycles. The van der Waals surface area contributed by atoms with Crippen molar-refractivity contribution in [3.05, 3.63) is 41.3 Å². The van der Waals surface area contributed by atoms with Gasteiger partial charge in [0.1, 0.15) is 5.75 Å². The normalized spacial score (nSPS) is 13.1. The lowest BCUT2D eigenvalue weighted by molar-refractivity contribution is 0.474. The topological polar surface area (TPSA) is 46.0 Å². The lowest BCUT2D eigenvalue weighted by Crippen LogP contribution is -2.08. The Hall–Kier alpha value is -1.90. The second-order valence-corrected chi connectivity index (χ2v) is 4.15. The van der Waals surface area contributed by atoms with Crippen molar-refractivity contribution < 1.29 is 5.11 Å². The summed E-state index contributed by atoms with van der Waals surface area (Å²) in [5, 5.41) is 9.45. The molecule has 1 aliphatic carbocycles. The van der Waals surface area contributed by atoms with Crippen LogP contribution in [0.1, 0.15) is 17.0 Å². The van der Waals surface area contributed by atoms with E-state index in [1.165, 1.54) is 0 Å². The molecule has 0 atom stereocenters. The molecule has 0 fully saturated rings. The van der Waals surface area contributed by atoms with Gasteiger partial charge in [-0.25, -0.2) is 4.98 Å².